The molecule has 1 heterocycles. The molecule has 0 saturated carbocycles. The number of carbonyl (C=O) groups excluding carboxylic acids is 1. The predicted molar refractivity (Wildman–Crippen MR) is 161 cm³/mol. The van der Waals surface area contributed by atoms with Crippen LogP contribution in [-0.4, -0.2) is 46.9 Å². The molecule has 0 fully saturated rings. The van der Waals surface area contributed by atoms with Crippen molar-refractivity contribution in [2.75, 3.05) is 20.0 Å². The molecule has 9 heteroatoms. The number of nitrogens with zero attached hydrogens (tertiary/aromatic N) is 4. The maximum Gasteiger partial charge on any atom is 0.250 e. The first-order chi connectivity index (χ1) is 19.3. The molecule has 0 aliphatic carbocycles. The van der Waals surface area contributed by atoms with Crippen LogP contribution in [-0.2, 0) is 10.2 Å². The predicted octanol–water partition coefficient (Wildman–Crippen LogP) is 6.16. The first kappa shape index (κ1) is 28.6. The third-order valence-electron chi connectivity index (χ3n) is 6.07. The topological polar surface area (TPSA) is 90.6 Å². The fraction of sp³-hybridized carbons (Fsp3) is 0.226. The van der Waals surface area contributed by atoms with Crippen LogP contribution in [0.4, 0.5) is 0 Å². The van der Waals surface area contributed by atoms with Crippen molar-refractivity contribution in [2.24, 2.45) is 5.10 Å². The van der Waals surface area contributed by atoms with Gasteiger partial charge in [-0.1, -0.05) is 75.0 Å². The minimum atomic E-state index is -0.257. The van der Waals surface area contributed by atoms with Gasteiger partial charge in [-0.3, -0.25) is 9.36 Å². The van der Waals surface area contributed by atoms with Crippen molar-refractivity contribution in [2.45, 2.75) is 31.3 Å². The van der Waals surface area contributed by atoms with Crippen molar-refractivity contribution < 1.29 is 14.3 Å². The number of rotatable bonds is 10. The summed E-state index contributed by atoms with van der Waals surface area (Å²) in [5.74, 6) is 2.06. The van der Waals surface area contributed by atoms with Crippen molar-refractivity contribution >= 4 is 30.0 Å². The number of hydrogen-bond acceptors (Lipinski definition) is 7. The van der Waals surface area contributed by atoms with E-state index in [9.17, 15) is 4.79 Å². The Labute approximate surface area is 239 Å². The summed E-state index contributed by atoms with van der Waals surface area (Å²) in [6.45, 7) is 6.55. The first-order valence-electron chi connectivity index (χ1n) is 12.8. The van der Waals surface area contributed by atoms with Gasteiger partial charge in [0.2, 0.25) is 0 Å². The lowest BCUT2D eigenvalue weighted by molar-refractivity contribution is -0.118. The molecule has 40 heavy (non-hydrogen) atoms. The number of aromatic nitrogens is 3. The molecule has 3 aromatic carbocycles. The molecular weight excluding hydrogens is 522 g/mol. The van der Waals surface area contributed by atoms with Gasteiger partial charge in [-0.15, -0.1) is 10.2 Å². The Kier molecular flexibility index (Phi) is 9.39. The van der Waals surface area contributed by atoms with Crippen molar-refractivity contribution in [3.05, 3.63) is 90.0 Å². The smallest absolute Gasteiger partial charge is 0.250 e. The van der Waals surface area contributed by atoms with E-state index in [-0.39, 0.29) is 17.1 Å². The van der Waals surface area contributed by atoms with Crippen LogP contribution in [0, 0.1) is 0 Å². The van der Waals surface area contributed by atoms with Crippen LogP contribution in [0.5, 0.6) is 11.5 Å². The summed E-state index contributed by atoms with van der Waals surface area (Å²) < 4.78 is 12.6. The summed E-state index contributed by atoms with van der Waals surface area (Å²) in [6.07, 6.45) is 5.12. The SMILES string of the molecule is COc1ccc(-n2c(SCC(=O)N/N=C\C=C\c3ccccc3OC)nnc2-c2ccc(C(C)(C)C)cc2)cc1. The number of para-hydroxylation sites is 1. The second-order valence-electron chi connectivity index (χ2n) is 9.87. The molecule has 8 nitrogen and oxygen atoms in total. The molecule has 0 radical (unpaired) electrons. The number of nitrogens with one attached hydrogen (secondary N) is 1. The van der Waals surface area contributed by atoms with Crippen LogP contribution in [0.1, 0.15) is 31.9 Å². The summed E-state index contributed by atoms with van der Waals surface area (Å²) in [5.41, 5.74) is 6.54. The van der Waals surface area contributed by atoms with Crippen molar-refractivity contribution in [1.82, 2.24) is 20.2 Å². The number of benzene rings is 3. The van der Waals surface area contributed by atoms with E-state index in [2.05, 4.69) is 65.8 Å². The Balaban J connectivity index is 1.48. The van der Waals surface area contributed by atoms with E-state index in [0.29, 0.717) is 11.0 Å². The van der Waals surface area contributed by atoms with Gasteiger partial charge in [0.25, 0.3) is 5.91 Å². The highest BCUT2D eigenvalue weighted by atomic mass is 32.2. The largest absolute Gasteiger partial charge is 0.497 e. The van der Waals surface area contributed by atoms with Gasteiger partial charge in [-0.2, -0.15) is 5.10 Å². The summed E-state index contributed by atoms with van der Waals surface area (Å²) >= 11 is 1.29. The van der Waals surface area contributed by atoms with Crippen molar-refractivity contribution in [3.8, 4) is 28.6 Å². The molecule has 1 amide bonds. The van der Waals surface area contributed by atoms with Crippen molar-refractivity contribution in [1.29, 1.82) is 0 Å². The molecule has 4 aromatic rings. The molecule has 0 aliphatic rings. The molecule has 0 unspecified atom stereocenters. The summed E-state index contributed by atoms with van der Waals surface area (Å²) in [6, 6.07) is 23.6. The van der Waals surface area contributed by atoms with Gasteiger partial charge >= 0.3 is 0 Å². The molecule has 0 saturated heterocycles. The zero-order valence-electron chi connectivity index (χ0n) is 23.3. The molecule has 206 valence electrons. The Hall–Kier alpha value is -4.37. The van der Waals surface area contributed by atoms with Crippen LogP contribution in [0.3, 0.4) is 0 Å². The van der Waals surface area contributed by atoms with Gasteiger partial charge in [0.05, 0.1) is 20.0 Å². The van der Waals surface area contributed by atoms with Crippen LogP contribution in [0.15, 0.2) is 89.1 Å². The number of allylic oxidation sites excluding steroid dienone is 1. The third kappa shape index (κ3) is 7.18. The van der Waals surface area contributed by atoms with Crippen LogP contribution in [0.2, 0.25) is 0 Å². The Morgan fingerprint density at radius 2 is 1.70 bits per heavy atom. The Morgan fingerprint density at radius 1 is 0.975 bits per heavy atom. The number of thioether (sulfide) groups is 1. The summed E-state index contributed by atoms with van der Waals surface area (Å²) in [5, 5.41) is 13.5. The summed E-state index contributed by atoms with van der Waals surface area (Å²) in [7, 11) is 3.26. The molecule has 1 aromatic heterocycles. The average Bonchev–Trinajstić information content (AvgIpc) is 3.39. The summed E-state index contributed by atoms with van der Waals surface area (Å²) in [4.78, 5) is 12.5. The molecule has 0 aliphatic heterocycles. The van der Waals surface area contributed by atoms with Crippen LogP contribution < -0.4 is 14.9 Å². The fourth-order valence-electron chi connectivity index (χ4n) is 3.90. The second kappa shape index (κ2) is 13.1. The van der Waals surface area contributed by atoms with E-state index in [4.69, 9.17) is 9.47 Å². The zero-order valence-corrected chi connectivity index (χ0v) is 24.1. The fourth-order valence-corrected chi connectivity index (χ4v) is 4.64. The number of amides is 1. The monoisotopic (exact) mass is 555 g/mol. The highest BCUT2D eigenvalue weighted by Gasteiger charge is 2.19. The zero-order chi connectivity index (χ0) is 28.5. The maximum atomic E-state index is 12.5. The van der Waals surface area contributed by atoms with Gasteiger partial charge in [0.15, 0.2) is 11.0 Å². The highest BCUT2D eigenvalue weighted by Crippen LogP contribution is 2.30. The van der Waals surface area contributed by atoms with E-state index >= 15 is 0 Å². The molecule has 0 bridgehead atoms. The Morgan fingerprint density at radius 3 is 2.38 bits per heavy atom. The number of hydrazone groups is 1. The van der Waals surface area contributed by atoms with Crippen LogP contribution in [0.25, 0.3) is 23.2 Å². The number of carbonyl (C=O) groups is 1. The van der Waals surface area contributed by atoms with Gasteiger partial charge < -0.3 is 9.47 Å². The van der Waals surface area contributed by atoms with Gasteiger partial charge in [0, 0.05) is 23.0 Å². The number of methoxy groups -OCH3 is 2. The number of ether oxygens (including phenoxy) is 2. The lowest BCUT2D eigenvalue weighted by Gasteiger charge is -2.19. The van der Waals surface area contributed by atoms with E-state index in [1.165, 1.54) is 23.5 Å². The first-order valence-corrected chi connectivity index (χ1v) is 13.7. The quantitative estimate of drug-likeness (QED) is 0.143. The highest BCUT2D eigenvalue weighted by molar-refractivity contribution is 7.99. The minimum absolute atomic E-state index is 0.0449. The minimum Gasteiger partial charge on any atom is -0.497 e. The standard InChI is InChI=1S/C31H33N5O3S/c1-31(2,3)24-14-12-23(13-15-24)29-34-35-30(36(29)25-16-18-26(38-4)19-17-25)40-21-28(37)33-32-20-8-10-22-9-6-7-11-27(22)39-5/h6-20H,21H2,1-5H3,(H,33,37)/b10-8+,32-20-. The molecule has 0 atom stereocenters. The lowest BCUT2D eigenvalue weighted by Crippen LogP contribution is -2.19. The normalized spacial score (nSPS) is 11.7. The van der Waals surface area contributed by atoms with E-state index in [1.807, 2.05) is 59.2 Å². The second-order valence-corrected chi connectivity index (χ2v) is 10.8. The van der Waals surface area contributed by atoms with E-state index in [1.54, 1.807) is 20.3 Å². The van der Waals surface area contributed by atoms with Crippen LogP contribution >= 0.6 is 11.8 Å². The third-order valence-corrected chi connectivity index (χ3v) is 7.00. The van der Waals surface area contributed by atoms with Crippen molar-refractivity contribution in [3.63, 3.8) is 0 Å². The molecular formula is C31H33N5O3S. The van der Waals surface area contributed by atoms with Gasteiger partial charge in [0.1, 0.15) is 11.5 Å². The van der Waals surface area contributed by atoms with E-state index in [0.717, 1.165) is 28.3 Å². The maximum absolute atomic E-state index is 12.5. The molecule has 0 spiro atoms. The van der Waals surface area contributed by atoms with Gasteiger partial charge in [-0.25, -0.2) is 5.43 Å². The molecule has 4 rings (SSSR count). The van der Waals surface area contributed by atoms with Gasteiger partial charge in [-0.05, 0) is 53.5 Å². The Bertz CT molecular complexity index is 1490. The lowest BCUT2D eigenvalue weighted by atomic mass is 9.87. The van der Waals surface area contributed by atoms with E-state index < -0.39 is 0 Å². The average molecular weight is 556 g/mol. The molecule has 1 N–H and O–H groups in total. The number of hydrogen-bond donors (Lipinski definition) is 1.